The average Bonchev–Trinajstić information content (AvgIpc) is 2.62. The molecule has 0 saturated heterocycles. The maximum atomic E-state index is 12.1. The summed E-state index contributed by atoms with van der Waals surface area (Å²) in [6.45, 7) is 2.35. The first-order chi connectivity index (χ1) is 11.7. The second kappa shape index (κ2) is 8.38. The number of ether oxygens (including phenoxy) is 2. The van der Waals surface area contributed by atoms with Gasteiger partial charge in [0.2, 0.25) is 5.91 Å². The Morgan fingerprint density at radius 2 is 1.92 bits per heavy atom. The molecule has 1 aromatic rings. The molecule has 0 atom stereocenters. The van der Waals surface area contributed by atoms with Crippen molar-refractivity contribution in [1.29, 1.82) is 0 Å². The average molecular weight is 332 g/mol. The molecule has 0 bridgehead atoms. The molecule has 0 unspecified atom stereocenters. The van der Waals surface area contributed by atoms with E-state index in [9.17, 15) is 4.79 Å². The van der Waals surface area contributed by atoms with Gasteiger partial charge >= 0.3 is 0 Å². The van der Waals surface area contributed by atoms with Gasteiger partial charge in [-0.05, 0) is 44.0 Å². The number of carbonyl (C=O) groups excluding carboxylic acids is 1. The molecule has 5 heteroatoms. The molecule has 1 aliphatic heterocycles. The lowest BCUT2D eigenvalue weighted by molar-refractivity contribution is -0.122. The molecule has 1 saturated carbocycles. The molecular weight excluding hydrogens is 304 g/mol. The lowest BCUT2D eigenvalue weighted by Gasteiger charge is -2.30. The molecule has 0 aromatic heterocycles. The summed E-state index contributed by atoms with van der Waals surface area (Å²) in [5.74, 6) is 1.73. The molecule has 1 aromatic carbocycles. The van der Waals surface area contributed by atoms with Crippen LogP contribution >= 0.6 is 0 Å². The third-order valence-electron chi connectivity index (χ3n) is 4.93. The number of amides is 1. The molecule has 3 rings (SSSR count). The molecule has 1 aliphatic carbocycles. The molecule has 1 fully saturated rings. The van der Waals surface area contributed by atoms with Gasteiger partial charge in [0, 0.05) is 12.6 Å². The van der Waals surface area contributed by atoms with Crippen LogP contribution in [0.25, 0.3) is 0 Å². The molecule has 1 amide bonds. The van der Waals surface area contributed by atoms with E-state index in [1.807, 2.05) is 18.2 Å². The number of carbonyl (C=O) groups is 1. The maximum Gasteiger partial charge on any atom is 0.234 e. The summed E-state index contributed by atoms with van der Waals surface area (Å²) in [4.78, 5) is 14.3. The van der Waals surface area contributed by atoms with E-state index in [1.165, 1.54) is 32.1 Å². The summed E-state index contributed by atoms with van der Waals surface area (Å²) < 4.78 is 11.1. The predicted octanol–water partition coefficient (Wildman–Crippen LogP) is 2.38. The van der Waals surface area contributed by atoms with Crippen molar-refractivity contribution in [2.45, 2.75) is 44.6 Å². The Morgan fingerprint density at radius 3 is 2.71 bits per heavy atom. The number of fused-ring (bicyclic) bond motifs is 1. The number of hydrogen-bond donors (Lipinski definition) is 1. The number of nitrogens with zero attached hydrogens (tertiary/aromatic N) is 1. The minimum absolute atomic E-state index is 0.112. The minimum Gasteiger partial charge on any atom is -0.486 e. The van der Waals surface area contributed by atoms with Crippen molar-refractivity contribution in [3.8, 4) is 11.5 Å². The number of benzene rings is 1. The van der Waals surface area contributed by atoms with Gasteiger partial charge in [0.15, 0.2) is 11.5 Å². The lowest BCUT2D eigenvalue weighted by Crippen LogP contribution is -2.41. The summed E-state index contributed by atoms with van der Waals surface area (Å²) in [5.41, 5.74) is 1.15. The second-order valence-corrected chi connectivity index (χ2v) is 6.78. The van der Waals surface area contributed by atoms with Gasteiger partial charge < -0.3 is 14.8 Å². The van der Waals surface area contributed by atoms with E-state index < -0.39 is 0 Å². The Balaban J connectivity index is 1.40. The van der Waals surface area contributed by atoms with Gasteiger partial charge in [-0.25, -0.2) is 0 Å². The molecule has 132 valence electrons. The van der Waals surface area contributed by atoms with Crippen molar-refractivity contribution >= 4 is 5.91 Å². The zero-order chi connectivity index (χ0) is 16.8. The van der Waals surface area contributed by atoms with Crippen LogP contribution in [0.3, 0.4) is 0 Å². The predicted molar refractivity (Wildman–Crippen MR) is 93.6 cm³/mol. The van der Waals surface area contributed by atoms with Gasteiger partial charge in [0.25, 0.3) is 0 Å². The second-order valence-electron chi connectivity index (χ2n) is 6.78. The quantitative estimate of drug-likeness (QED) is 0.869. The number of likely N-dealkylation sites (N-methyl/N-ethyl adjacent to an activating group) is 1. The summed E-state index contributed by atoms with van der Waals surface area (Å²) in [6, 6.07) is 6.56. The van der Waals surface area contributed by atoms with Gasteiger partial charge in [-0.15, -0.1) is 0 Å². The van der Waals surface area contributed by atoms with E-state index in [0.29, 0.717) is 32.3 Å². The van der Waals surface area contributed by atoms with E-state index in [4.69, 9.17) is 9.47 Å². The van der Waals surface area contributed by atoms with Crippen molar-refractivity contribution in [2.75, 3.05) is 33.4 Å². The molecule has 2 aliphatic rings. The Bertz CT molecular complexity index is 556. The standard InChI is InChI=1S/C19H28N2O3/c1-21(16-5-3-2-4-6-16)14-19(22)20-10-9-15-7-8-17-18(13-15)24-12-11-23-17/h7-8,13,16H,2-6,9-12,14H2,1H3,(H,20,22). The van der Waals surface area contributed by atoms with Crippen LogP contribution in [0.5, 0.6) is 11.5 Å². The zero-order valence-corrected chi connectivity index (χ0v) is 14.6. The van der Waals surface area contributed by atoms with Crippen LogP contribution in [0.4, 0.5) is 0 Å². The van der Waals surface area contributed by atoms with Crippen LogP contribution in [0.2, 0.25) is 0 Å². The van der Waals surface area contributed by atoms with E-state index in [0.717, 1.165) is 23.5 Å². The van der Waals surface area contributed by atoms with Crippen molar-refractivity contribution in [2.24, 2.45) is 0 Å². The Hall–Kier alpha value is -1.75. The first-order valence-corrected chi connectivity index (χ1v) is 9.08. The maximum absolute atomic E-state index is 12.1. The van der Waals surface area contributed by atoms with Crippen LogP contribution in [-0.4, -0.2) is 50.2 Å². The van der Waals surface area contributed by atoms with E-state index >= 15 is 0 Å². The Labute approximate surface area is 144 Å². The fourth-order valence-corrected chi connectivity index (χ4v) is 3.52. The third kappa shape index (κ3) is 4.63. The van der Waals surface area contributed by atoms with Gasteiger partial charge in [-0.2, -0.15) is 0 Å². The summed E-state index contributed by atoms with van der Waals surface area (Å²) in [7, 11) is 2.07. The number of rotatable bonds is 6. The van der Waals surface area contributed by atoms with Gasteiger partial charge in [0.1, 0.15) is 13.2 Å². The first kappa shape index (κ1) is 17.1. The highest BCUT2D eigenvalue weighted by atomic mass is 16.6. The molecular formula is C19H28N2O3. The van der Waals surface area contributed by atoms with Crippen molar-refractivity contribution in [1.82, 2.24) is 10.2 Å². The third-order valence-corrected chi connectivity index (χ3v) is 4.93. The summed E-state index contributed by atoms with van der Waals surface area (Å²) in [5, 5.41) is 3.03. The van der Waals surface area contributed by atoms with Crippen LogP contribution in [0, 0.1) is 0 Å². The lowest BCUT2D eigenvalue weighted by atomic mass is 9.94. The molecule has 0 spiro atoms. The van der Waals surface area contributed by atoms with E-state index in [2.05, 4.69) is 17.3 Å². The van der Waals surface area contributed by atoms with Gasteiger partial charge in [-0.1, -0.05) is 25.3 Å². The highest BCUT2D eigenvalue weighted by Crippen LogP contribution is 2.30. The fourth-order valence-electron chi connectivity index (χ4n) is 3.52. The molecule has 1 N–H and O–H groups in total. The smallest absolute Gasteiger partial charge is 0.234 e. The van der Waals surface area contributed by atoms with E-state index in [1.54, 1.807) is 0 Å². The summed E-state index contributed by atoms with van der Waals surface area (Å²) in [6.07, 6.45) is 7.17. The topological polar surface area (TPSA) is 50.8 Å². The highest BCUT2D eigenvalue weighted by molar-refractivity contribution is 5.78. The molecule has 1 heterocycles. The normalized spacial score (nSPS) is 17.8. The summed E-state index contributed by atoms with van der Waals surface area (Å²) >= 11 is 0. The van der Waals surface area contributed by atoms with Crippen LogP contribution < -0.4 is 14.8 Å². The van der Waals surface area contributed by atoms with Gasteiger partial charge in [-0.3, -0.25) is 9.69 Å². The first-order valence-electron chi connectivity index (χ1n) is 9.08. The van der Waals surface area contributed by atoms with Crippen LogP contribution in [-0.2, 0) is 11.2 Å². The van der Waals surface area contributed by atoms with E-state index in [-0.39, 0.29) is 5.91 Å². The van der Waals surface area contributed by atoms with Crippen LogP contribution in [0.15, 0.2) is 18.2 Å². The Morgan fingerprint density at radius 1 is 1.17 bits per heavy atom. The molecule has 5 nitrogen and oxygen atoms in total. The van der Waals surface area contributed by atoms with Crippen molar-refractivity contribution in [3.63, 3.8) is 0 Å². The SMILES string of the molecule is CN(CC(=O)NCCc1ccc2c(c1)OCCO2)C1CCCCC1. The molecule has 0 radical (unpaired) electrons. The zero-order valence-electron chi connectivity index (χ0n) is 14.6. The largest absolute Gasteiger partial charge is 0.486 e. The van der Waals surface area contributed by atoms with Gasteiger partial charge in [0.05, 0.1) is 6.54 Å². The molecule has 24 heavy (non-hydrogen) atoms. The Kier molecular flexibility index (Phi) is 5.96. The number of hydrogen-bond acceptors (Lipinski definition) is 4. The highest BCUT2D eigenvalue weighted by Gasteiger charge is 2.19. The van der Waals surface area contributed by atoms with Crippen molar-refractivity contribution in [3.05, 3.63) is 23.8 Å². The van der Waals surface area contributed by atoms with Crippen molar-refractivity contribution < 1.29 is 14.3 Å². The fraction of sp³-hybridized carbons (Fsp3) is 0.632. The van der Waals surface area contributed by atoms with Crippen LogP contribution in [0.1, 0.15) is 37.7 Å². The number of nitrogens with one attached hydrogen (secondary N) is 1. The monoisotopic (exact) mass is 332 g/mol. The minimum atomic E-state index is 0.112.